The molecule has 1 aromatic rings. The molecule has 1 fully saturated rings. The lowest BCUT2D eigenvalue weighted by Gasteiger charge is -2.38. The third-order valence-electron chi connectivity index (χ3n) is 3.99. The van der Waals surface area contributed by atoms with Gasteiger partial charge in [0.1, 0.15) is 5.82 Å². The van der Waals surface area contributed by atoms with Crippen LogP contribution in [0.15, 0.2) is 18.2 Å². The van der Waals surface area contributed by atoms with Gasteiger partial charge >= 0.3 is 0 Å². The predicted molar refractivity (Wildman–Crippen MR) is 73.4 cm³/mol. The first kappa shape index (κ1) is 14.0. The molecule has 2 unspecified atom stereocenters. The molecule has 3 nitrogen and oxygen atoms in total. The number of rotatable bonds is 2. The summed E-state index contributed by atoms with van der Waals surface area (Å²) in [4.78, 5) is 14.4. The zero-order valence-electron chi connectivity index (χ0n) is 11.5. The fourth-order valence-corrected chi connectivity index (χ4v) is 2.68. The molecule has 0 aromatic heterocycles. The van der Waals surface area contributed by atoms with E-state index in [9.17, 15) is 9.18 Å². The molecule has 1 aromatic carbocycles. The Kier molecular flexibility index (Phi) is 4.20. The quantitative estimate of drug-likeness (QED) is 0.891. The number of likely N-dealkylation sites (tertiary alicyclic amines) is 1. The lowest BCUT2D eigenvalue weighted by molar-refractivity contribution is 0.0566. The Morgan fingerprint density at radius 1 is 1.47 bits per heavy atom. The van der Waals surface area contributed by atoms with Gasteiger partial charge < -0.3 is 10.6 Å². The number of carbonyl (C=O) groups is 1. The molecule has 4 heteroatoms. The molecule has 0 saturated carbocycles. The summed E-state index contributed by atoms with van der Waals surface area (Å²) in [5.74, 6) is 0.0598. The highest BCUT2D eigenvalue weighted by molar-refractivity contribution is 5.95. The van der Waals surface area contributed by atoms with Crippen LogP contribution < -0.4 is 5.73 Å². The Bertz CT molecular complexity index is 475. The van der Waals surface area contributed by atoms with Gasteiger partial charge in [0.15, 0.2) is 0 Å². The maximum atomic E-state index is 13.1. The first-order chi connectivity index (χ1) is 9.02. The summed E-state index contributed by atoms with van der Waals surface area (Å²) in [5.41, 5.74) is 6.99. The molecule has 0 aliphatic carbocycles. The van der Waals surface area contributed by atoms with E-state index in [1.807, 2.05) is 4.90 Å². The minimum atomic E-state index is -0.305. The van der Waals surface area contributed by atoms with Crippen molar-refractivity contribution in [3.63, 3.8) is 0 Å². The minimum absolute atomic E-state index is 0.0110. The van der Waals surface area contributed by atoms with Crippen molar-refractivity contribution in [1.82, 2.24) is 4.90 Å². The highest BCUT2D eigenvalue weighted by atomic mass is 19.1. The molecule has 0 spiro atoms. The van der Waals surface area contributed by atoms with Crippen LogP contribution in [0.1, 0.15) is 35.7 Å². The topological polar surface area (TPSA) is 46.3 Å². The van der Waals surface area contributed by atoms with Crippen LogP contribution in [-0.4, -0.2) is 29.9 Å². The van der Waals surface area contributed by atoms with Gasteiger partial charge in [0.05, 0.1) is 0 Å². The number of hydrogen-bond acceptors (Lipinski definition) is 2. The molecule has 2 rings (SSSR count). The average Bonchev–Trinajstić information content (AvgIpc) is 2.38. The van der Waals surface area contributed by atoms with Crippen LogP contribution in [0.25, 0.3) is 0 Å². The molecule has 2 N–H and O–H groups in total. The number of aryl methyl sites for hydroxylation is 1. The van der Waals surface area contributed by atoms with E-state index in [4.69, 9.17) is 5.73 Å². The van der Waals surface area contributed by atoms with Crippen LogP contribution in [0, 0.1) is 18.7 Å². The molecule has 2 atom stereocenters. The molecule has 0 radical (unpaired) electrons. The number of benzene rings is 1. The average molecular weight is 264 g/mol. The summed E-state index contributed by atoms with van der Waals surface area (Å²) in [7, 11) is 0. The highest BCUT2D eigenvalue weighted by Gasteiger charge is 2.29. The van der Waals surface area contributed by atoms with Gasteiger partial charge in [-0.3, -0.25) is 4.79 Å². The summed E-state index contributed by atoms with van der Waals surface area (Å²) < 4.78 is 13.1. The summed E-state index contributed by atoms with van der Waals surface area (Å²) in [6, 6.07) is 4.54. The first-order valence-electron chi connectivity index (χ1n) is 6.80. The van der Waals surface area contributed by atoms with E-state index < -0.39 is 0 Å². The van der Waals surface area contributed by atoms with Crippen LogP contribution in [-0.2, 0) is 0 Å². The Labute approximate surface area is 113 Å². The molecule has 19 heavy (non-hydrogen) atoms. The van der Waals surface area contributed by atoms with Gasteiger partial charge in [0.25, 0.3) is 5.91 Å². The van der Waals surface area contributed by atoms with Crippen molar-refractivity contribution in [3.8, 4) is 0 Å². The highest BCUT2D eigenvalue weighted by Crippen LogP contribution is 2.24. The van der Waals surface area contributed by atoms with Crippen molar-refractivity contribution in [1.29, 1.82) is 0 Å². The van der Waals surface area contributed by atoms with Crippen molar-refractivity contribution in [2.24, 2.45) is 11.7 Å². The molecule has 1 aliphatic rings. The van der Waals surface area contributed by atoms with Crippen LogP contribution in [0.2, 0.25) is 0 Å². The molecule has 1 heterocycles. The van der Waals surface area contributed by atoms with Crippen molar-refractivity contribution >= 4 is 5.91 Å². The SMILES string of the molecule is Cc1cc(F)ccc1C(=O)N1CC(CN)CCC1C. The molecular weight excluding hydrogens is 243 g/mol. The van der Waals surface area contributed by atoms with E-state index in [1.54, 1.807) is 13.0 Å². The predicted octanol–water partition coefficient (Wildman–Crippen LogP) is 2.33. The van der Waals surface area contributed by atoms with E-state index in [0.717, 1.165) is 12.8 Å². The second kappa shape index (κ2) is 5.70. The largest absolute Gasteiger partial charge is 0.336 e. The minimum Gasteiger partial charge on any atom is -0.336 e. The van der Waals surface area contributed by atoms with Gasteiger partial charge in [-0.25, -0.2) is 4.39 Å². The van der Waals surface area contributed by atoms with Gasteiger partial charge in [0.2, 0.25) is 0 Å². The molecule has 0 bridgehead atoms. The Morgan fingerprint density at radius 3 is 2.84 bits per heavy atom. The smallest absolute Gasteiger partial charge is 0.254 e. The molecular formula is C15H21FN2O. The van der Waals surface area contributed by atoms with Crippen molar-refractivity contribution in [3.05, 3.63) is 35.1 Å². The normalized spacial score (nSPS) is 23.5. The van der Waals surface area contributed by atoms with E-state index in [2.05, 4.69) is 6.92 Å². The van der Waals surface area contributed by atoms with Crippen LogP contribution in [0.5, 0.6) is 0 Å². The van der Waals surface area contributed by atoms with E-state index in [-0.39, 0.29) is 17.8 Å². The standard InChI is InChI=1S/C15H21FN2O/c1-10-7-13(16)5-6-14(10)15(19)18-9-12(8-17)4-3-11(18)2/h5-7,11-12H,3-4,8-9,17H2,1-2H3. The van der Waals surface area contributed by atoms with Crippen LogP contribution in [0.4, 0.5) is 4.39 Å². The number of nitrogens with two attached hydrogens (primary N) is 1. The van der Waals surface area contributed by atoms with Crippen LogP contribution in [0.3, 0.4) is 0 Å². The van der Waals surface area contributed by atoms with Crippen molar-refractivity contribution in [2.75, 3.05) is 13.1 Å². The number of halogens is 1. The number of amides is 1. The fraction of sp³-hybridized carbons (Fsp3) is 0.533. The molecule has 1 saturated heterocycles. The van der Waals surface area contributed by atoms with Crippen LogP contribution >= 0.6 is 0 Å². The zero-order chi connectivity index (χ0) is 14.0. The first-order valence-corrected chi connectivity index (χ1v) is 6.80. The second-order valence-corrected chi connectivity index (χ2v) is 5.44. The monoisotopic (exact) mass is 264 g/mol. The lowest BCUT2D eigenvalue weighted by atomic mass is 9.92. The zero-order valence-corrected chi connectivity index (χ0v) is 11.5. The van der Waals surface area contributed by atoms with Crippen molar-refractivity contribution < 1.29 is 9.18 Å². The third-order valence-corrected chi connectivity index (χ3v) is 3.99. The van der Waals surface area contributed by atoms with Gasteiger partial charge in [-0.05, 0) is 62.9 Å². The maximum Gasteiger partial charge on any atom is 0.254 e. The Hall–Kier alpha value is -1.42. The summed E-state index contributed by atoms with van der Waals surface area (Å²) >= 11 is 0. The van der Waals surface area contributed by atoms with Gasteiger partial charge in [-0.15, -0.1) is 0 Å². The third kappa shape index (κ3) is 2.95. The number of nitrogens with zero attached hydrogens (tertiary/aromatic N) is 1. The Balaban J connectivity index is 2.22. The molecule has 1 aliphatic heterocycles. The van der Waals surface area contributed by atoms with Crippen molar-refractivity contribution in [2.45, 2.75) is 32.7 Å². The second-order valence-electron chi connectivity index (χ2n) is 5.44. The number of piperidine rings is 1. The van der Waals surface area contributed by atoms with Gasteiger partial charge in [-0.1, -0.05) is 0 Å². The van der Waals surface area contributed by atoms with E-state index in [0.29, 0.717) is 30.1 Å². The number of hydrogen-bond donors (Lipinski definition) is 1. The Morgan fingerprint density at radius 2 is 2.21 bits per heavy atom. The van der Waals surface area contributed by atoms with E-state index >= 15 is 0 Å². The summed E-state index contributed by atoms with van der Waals surface area (Å²) in [5, 5.41) is 0. The van der Waals surface area contributed by atoms with E-state index in [1.165, 1.54) is 12.1 Å². The van der Waals surface area contributed by atoms with Gasteiger partial charge in [0, 0.05) is 18.2 Å². The lowest BCUT2D eigenvalue weighted by Crippen LogP contribution is -2.47. The summed E-state index contributed by atoms with van der Waals surface area (Å²) in [6.45, 7) is 5.14. The fourth-order valence-electron chi connectivity index (χ4n) is 2.68. The summed E-state index contributed by atoms with van der Waals surface area (Å²) in [6.07, 6.45) is 2.05. The molecule has 1 amide bonds. The molecule has 104 valence electrons. The number of carbonyl (C=O) groups excluding carboxylic acids is 1. The van der Waals surface area contributed by atoms with Gasteiger partial charge in [-0.2, -0.15) is 0 Å². The maximum absolute atomic E-state index is 13.1.